The number of hydrogen-bond acceptors (Lipinski definition) is 4. The molecule has 0 unspecified atom stereocenters. The Morgan fingerprint density at radius 1 is 0.889 bits per heavy atom. The Balaban J connectivity index is 1.61. The first-order valence-electron chi connectivity index (χ1n) is 9.46. The average molecular weight is 363 g/mol. The maximum Gasteiger partial charge on any atom is 0.293 e. The summed E-state index contributed by atoms with van der Waals surface area (Å²) in [6, 6.07) is 18.0. The highest BCUT2D eigenvalue weighted by atomic mass is 16.5. The summed E-state index contributed by atoms with van der Waals surface area (Å²) in [6.45, 7) is 5.14. The first-order valence-corrected chi connectivity index (χ1v) is 9.46. The summed E-state index contributed by atoms with van der Waals surface area (Å²) in [6.07, 6.45) is 1.89. The van der Waals surface area contributed by atoms with Gasteiger partial charge >= 0.3 is 0 Å². The molecule has 1 amide bonds. The van der Waals surface area contributed by atoms with Crippen LogP contribution in [0, 0.1) is 0 Å². The van der Waals surface area contributed by atoms with Crippen LogP contribution in [-0.2, 0) is 9.53 Å². The molecule has 0 N–H and O–H groups in total. The van der Waals surface area contributed by atoms with Crippen LogP contribution in [0.4, 0.5) is 11.4 Å². The number of piperazine rings is 1. The predicted molar refractivity (Wildman–Crippen MR) is 109 cm³/mol. The van der Waals surface area contributed by atoms with Crippen LogP contribution in [0.1, 0.15) is 5.56 Å². The van der Waals surface area contributed by atoms with E-state index in [4.69, 9.17) is 4.74 Å². The molecule has 4 rings (SSSR count). The molecule has 2 aliphatic rings. The fraction of sp³-hybridized carbons (Fsp3) is 0.318. The number of para-hydroxylation sites is 2. The van der Waals surface area contributed by atoms with E-state index in [2.05, 4.69) is 35.0 Å². The van der Waals surface area contributed by atoms with E-state index in [0.29, 0.717) is 18.9 Å². The van der Waals surface area contributed by atoms with Crippen LogP contribution in [0.5, 0.6) is 0 Å². The fourth-order valence-corrected chi connectivity index (χ4v) is 3.59. The van der Waals surface area contributed by atoms with Crippen molar-refractivity contribution in [1.82, 2.24) is 4.90 Å². The van der Waals surface area contributed by atoms with Crippen LogP contribution in [0.3, 0.4) is 0 Å². The third-order valence-electron chi connectivity index (χ3n) is 5.16. The van der Waals surface area contributed by atoms with Crippen LogP contribution in [-0.4, -0.2) is 57.2 Å². The SMILES string of the molecule is CN1CCN(c2ccccc2C=C2OCCN(c3ccccc3)C2=O)CC1. The van der Waals surface area contributed by atoms with Crippen molar-refractivity contribution in [3.05, 3.63) is 65.9 Å². The van der Waals surface area contributed by atoms with E-state index < -0.39 is 0 Å². The molecule has 2 fully saturated rings. The lowest BCUT2D eigenvalue weighted by Crippen LogP contribution is -2.44. The van der Waals surface area contributed by atoms with Gasteiger partial charge in [0.2, 0.25) is 0 Å². The third kappa shape index (κ3) is 3.83. The highest BCUT2D eigenvalue weighted by molar-refractivity contribution is 6.07. The molecular weight excluding hydrogens is 338 g/mol. The fourth-order valence-electron chi connectivity index (χ4n) is 3.59. The van der Waals surface area contributed by atoms with E-state index in [1.807, 2.05) is 42.5 Å². The van der Waals surface area contributed by atoms with Gasteiger partial charge in [-0.1, -0.05) is 36.4 Å². The molecule has 2 aromatic rings. The third-order valence-corrected chi connectivity index (χ3v) is 5.16. The lowest BCUT2D eigenvalue weighted by molar-refractivity contribution is -0.120. The lowest BCUT2D eigenvalue weighted by Gasteiger charge is -2.35. The zero-order valence-corrected chi connectivity index (χ0v) is 15.7. The van der Waals surface area contributed by atoms with Crippen molar-refractivity contribution in [3.63, 3.8) is 0 Å². The van der Waals surface area contributed by atoms with Crippen molar-refractivity contribution in [3.8, 4) is 0 Å². The molecule has 0 aromatic heterocycles. The van der Waals surface area contributed by atoms with Gasteiger partial charge in [-0.15, -0.1) is 0 Å². The molecule has 5 heteroatoms. The number of amides is 1. The van der Waals surface area contributed by atoms with E-state index >= 15 is 0 Å². The molecule has 0 spiro atoms. The molecule has 2 heterocycles. The van der Waals surface area contributed by atoms with Gasteiger partial charge in [0.1, 0.15) is 6.61 Å². The molecule has 2 aromatic carbocycles. The topological polar surface area (TPSA) is 36.0 Å². The van der Waals surface area contributed by atoms with Crippen LogP contribution < -0.4 is 9.80 Å². The standard InChI is InChI=1S/C22H25N3O2/c1-23-11-13-24(14-12-23)20-10-6-5-7-18(20)17-21-22(26)25(15-16-27-21)19-8-3-2-4-9-19/h2-10,17H,11-16H2,1H3. The van der Waals surface area contributed by atoms with Gasteiger partial charge in [-0.25, -0.2) is 0 Å². The second-order valence-corrected chi connectivity index (χ2v) is 7.00. The zero-order chi connectivity index (χ0) is 18.6. The maximum atomic E-state index is 13.0. The summed E-state index contributed by atoms with van der Waals surface area (Å²) in [7, 11) is 2.15. The monoisotopic (exact) mass is 363 g/mol. The van der Waals surface area contributed by atoms with Crippen molar-refractivity contribution in [2.75, 3.05) is 56.2 Å². The number of morpholine rings is 1. The average Bonchev–Trinajstić information content (AvgIpc) is 2.71. The second-order valence-electron chi connectivity index (χ2n) is 7.00. The summed E-state index contributed by atoms with van der Waals surface area (Å²) in [5.74, 6) is 0.326. The Morgan fingerprint density at radius 2 is 1.59 bits per heavy atom. The molecule has 0 bridgehead atoms. The first kappa shape index (κ1) is 17.6. The Bertz CT molecular complexity index is 826. The van der Waals surface area contributed by atoms with Crippen molar-refractivity contribution >= 4 is 23.4 Å². The molecule has 0 atom stereocenters. The Labute approximate surface area is 160 Å². The smallest absolute Gasteiger partial charge is 0.293 e. The molecule has 0 aliphatic carbocycles. The summed E-state index contributed by atoms with van der Waals surface area (Å²) in [5.41, 5.74) is 3.09. The summed E-state index contributed by atoms with van der Waals surface area (Å²) in [4.78, 5) is 19.5. The summed E-state index contributed by atoms with van der Waals surface area (Å²) >= 11 is 0. The number of anilines is 2. The lowest BCUT2D eigenvalue weighted by atomic mass is 10.1. The predicted octanol–water partition coefficient (Wildman–Crippen LogP) is 2.84. The quantitative estimate of drug-likeness (QED) is 0.786. The van der Waals surface area contributed by atoms with Crippen molar-refractivity contribution in [1.29, 1.82) is 0 Å². The summed E-state index contributed by atoms with van der Waals surface area (Å²) in [5, 5.41) is 0. The van der Waals surface area contributed by atoms with Gasteiger partial charge in [0.25, 0.3) is 5.91 Å². The Hall–Kier alpha value is -2.79. The number of ether oxygens (including phenoxy) is 1. The number of rotatable bonds is 3. The van der Waals surface area contributed by atoms with Crippen molar-refractivity contribution < 1.29 is 9.53 Å². The van der Waals surface area contributed by atoms with Gasteiger partial charge in [0, 0.05) is 43.1 Å². The van der Waals surface area contributed by atoms with Crippen molar-refractivity contribution in [2.24, 2.45) is 0 Å². The zero-order valence-electron chi connectivity index (χ0n) is 15.7. The van der Waals surface area contributed by atoms with Gasteiger partial charge in [-0.2, -0.15) is 0 Å². The minimum absolute atomic E-state index is 0.0827. The van der Waals surface area contributed by atoms with E-state index in [1.165, 1.54) is 0 Å². The summed E-state index contributed by atoms with van der Waals surface area (Å²) < 4.78 is 5.75. The van der Waals surface area contributed by atoms with E-state index in [1.54, 1.807) is 4.90 Å². The molecule has 2 aliphatic heterocycles. The normalized spacial score (nSPS) is 20.0. The van der Waals surface area contributed by atoms with Crippen LogP contribution >= 0.6 is 0 Å². The van der Waals surface area contributed by atoms with Gasteiger partial charge in [-0.05, 0) is 31.3 Å². The Kier molecular flexibility index (Phi) is 5.12. The maximum absolute atomic E-state index is 13.0. The number of carbonyl (C=O) groups excluding carboxylic acids is 1. The number of carbonyl (C=O) groups is 1. The minimum atomic E-state index is -0.0827. The van der Waals surface area contributed by atoms with Crippen molar-refractivity contribution in [2.45, 2.75) is 0 Å². The molecular formula is C22H25N3O2. The van der Waals surface area contributed by atoms with Gasteiger partial charge in [-0.3, -0.25) is 4.79 Å². The van der Waals surface area contributed by atoms with Gasteiger partial charge in [0.15, 0.2) is 5.76 Å². The first-order chi connectivity index (χ1) is 13.2. The van der Waals surface area contributed by atoms with Crippen LogP contribution in [0.25, 0.3) is 6.08 Å². The van der Waals surface area contributed by atoms with Gasteiger partial charge < -0.3 is 19.4 Å². The molecule has 0 radical (unpaired) electrons. The number of hydrogen-bond donors (Lipinski definition) is 0. The number of nitrogens with zero attached hydrogens (tertiary/aromatic N) is 3. The van der Waals surface area contributed by atoms with E-state index in [-0.39, 0.29) is 5.91 Å². The van der Waals surface area contributed by atoms with Crippen LogP contribution in [0.2, 0.25) is 0 Å². The van der Waals surface area contributed by atoms with Crippen LogP contribution in [0.15, 0.2) is 60.4 Å². The molecule has 140 valence electrons. The molecule has 0 saturated carbocycles. The highest BCUT2D eigenvalue weighted by Crippen LogP contribution is 2.27. The highest BCUT2D eigenvalue weighted by Gasteiger charge is 2.26. The minimum Gasteiger partial charge on any atom is -0.486 e. The Morgan fingerprint density at radius 3 is 2.37 bits per heavy atom. The second kappa shape index (κ2) is 7.84. The molecule has 2 saturated heterocycles. The van der Waals surface area contributed by atoms with E-state index in [9.17, 15) is 4.79 Å². The number of benzene rings is 2. The molecule has 27 heavy (non-hydrogen) atoms. The van der Waals surface area contributed by atoms with E-state index in [0.717, 1.165) is 43.1 Å². The largest absolute Gasteiger partial charge is 0.486 e. The molecule has 5 nitrogen and oxygen atoms in total. The van der Waals surface area contributed by atoms with Gasteiger partial charge in [0.05, 0.1) is 6.54 Å². The number of likely N-dealkylation sites (N-methyl/N-ethyl adjacent to an activating group) is 1.